The summed E-state index contributed by atoms with van der Waals surface area (Å²) in [6.45, 7) is 0. The highest BCUT2D eigenvalue weighted by Gasteiger charge is 2.13. The number of para-hydroxylation sites is 1. The topological polar surface area (TPSA) is 150 Å². The molecule has 0 amide bonds. The minimum Gasteiger partial charge on any atom is -0.493 e. The summed E-state index contributed by atoms with van der Waals surface area (Å²) in [5.74, 6) is -0.487. The van der Waals surface area contributed by atoms with Crippen LogP contribution >= 0.6 is 0 Å². The Morgan fingerprint density at radius 1 is 1.35 bits per heavy atom. The SMILES string of the molecule is N=C(N=Nc1c(O)[nH]c2ccccc12)c1nonc1N. The van der Waals surface area contributed by atoms with Gasteiger partial charge >= 0.3 is 0 Å². The van der Waals surface area contributed by atoms with Crippen LogP contribution in [-0.2, 0) is 0 Å². The molecule has 0 radical (unpaired) electrons. The molecule has 2 heterocycles. The Hall–Kier alpha value is -3.23. The fourth-order valence-electron chi connectivity index (χ4n) is 1.72. The molecular weight excluding hydrogens is 262 g/mol. The standard InChI is InChI=1S/C11H9N7O2/c12-9(8-10(13)18-20-17-8)16-15-7-5-3-1-2-4-6(5)14-11(7)19/h1-4,12,14,19H,(H2,13,18). The summed E-state index contributed by atoms with van der Waals surface area (Å²) >= 11 is 0. The van der Waals surface area contributed by atoms with E-state index >= 15 is 0 Å². The molecule has 0 bridgehead atoms. The van der Waals surface area contributed by atoms with Crippen molar-refractivity contribution in [2.24, 2.45) is 10.2 Å². The van der Waals surface area contributed by atoms with Crippen molar-refractivity contribution in [1.29, 1.82) is 5.41 Å². The third kappa shape index (κ3) is 1.86. The first-order valence-corrected chi connectivity index (χ1v) is 5.55. The van der Waals surface area contributed by atoms with Gasteiger partial charge < -0.3 is 15.8 Å². The number of nitrogens with two attached hydrogens (primary N) is 1. The van der Waals surface area contributed by atoms with Crippen molar-refractivity contribution < 1.29 is 9.74 Å². The molecule has 9 nitrogen and oxygen atoms in total. The summed E-state index contributed by atoms with van der Waals surface area (Å²) in [6, 6.07) is 7.19. The molecule has 0 aliphatic rings. The lowest BCUT2D eigenvalue weighted by molar-refractivity contribution is 0.308. The normalized spacial score (nSPS) is 11.4. The molecule has 0 unspecified atom stereocenters. The van der Waals surface area contributed by atoms with Crippen molar-refractivity contribution in [1.82, 2.24) is 15.3 Å². The van der Waals surface area contributed by atoms with Crippen LogP contribution in [0.4, 0.5) is 11.5 Å². The monoisotopic (exact) mass is 271 g/mol. The summed E-state index contributed by atoms with van der Waals surface area (Å²) in [4.78, 5) is 2.76. The van der Waals surface area contributed by atoms with Crippen LogP contribution in [0, 0.1) is 5.41 Å². The summed E-state index contributed by atoms with van der Waals surface area (Å²) < 4.78 is 4.37. The Bertz CT molecular complexity index is 817. The van der Waals surface area contributed by atoms with Gasteiger partial charge in [0, 0.05) is 5.39 Å². The maximum absolute atomic E-state index is 9.78. The lowest BCUT2D eigenvalue weighted by atomic mass is 10.2. The number of nitrogens with zero attached hydrogens (tertiary/aromatic N) is 4. The number of nitrogens with one attached hydrogen (secondary N) is 2. The fraction of sp³-hybridized carbons (Fsp3) is 0. The average molecular weight is 271 g/mol. The maximum atomic E-state index is 9.78. The van der Waals surface area contributed by atoms with E-state index in [9.17, 15) is 5.11 Å². The number of fused-ring (bicyclic) bond motifs is 1. The number of rotatable bonds is 2. The number of hydrogen-bond acceptors (Lipinski definition) is 7. The first kappa shape index (κ1) is 11.8. The fourth-order valence-corrected chi connectivity index (χ4v) is 1.72. The Balaban J connectivity index is 1.97. The zero-order valence-corrected chi connectivity index (χ0v) is 10.0. The minimum atomic E-state index is -0.312. The van der Waals surface area contributed by atoms with Crippen LogP contribution in [-0.4, -0.2) is 26.2 Å². The highest BCUT2D eigenvalue weighted by Crippen LogP contribution is 2.35. The largest absolute Gasteiger partial charge is 0.493 e. The number of aromatic hydroxyl groups is 1. The van der Waals surface area contributed by atoms with Gasteiger partial charge in [0.15, 0.2) is 17.2 Å². The third-order valence-corrected chi connectivity index (χ3v) is 2.65. The molecule has 5 N–H and O–H groups in total. The molecule has 0 atom stereocenters. The van der Waals surface area contributed by atoms with E-state index in [1.807, 2.05) is 6.07 Å². The number of H-pyrrole nitrogens is 1. The first-order chi connectivity index (χ1) is 9.66. The maximum Gasteiger partial charge on any atom is 0.218 e. The second-order valence-corrected chi connectivity index (χ2v) is 3.91. The lowest BCUT2D eigenvalue weighted by Gasteiger charge is -1.92. The molecule has 0 fully saturated rings. The van der Waals surface area contributed by atoms with Gasteiger partial charge in [-0.05, 0) is 16.4 Å². The zero-order valence-electron chi connectivity index (χ0n) is 10.0. The molecule has 0 aliphatic heterocycles. The van der Waals surface area contributed by atoms with Crippen LogP contribution in [0.1, 0.15) is 5.69 Å². The Kier molecular flexibility index (Phi) is 2.64. The quantitative estimate of drug-likeness (QED) is 0.319. The number of aromatic nitrogens is 3. The van der Waals surface area contributed by atoms with Crippen LogP contribution < -0.4 is 5.73 Å². The number of aromatic amines is 1. The van der Waals surface area contributed by atoms with Gasteiger partial charge in [-0.15, -0.1) is 10.2 Å². The molecule has 0 saturated carbocycles. The Morgan fingerprint density at radius 2 is 2.15 bits per heavy atom. The van der Waals surface area contributed by atoms with Crippen molar-refractivity contribution >= 4 is 28.2 Å². The predicted molar refractivity (Wildman–Crippen MR) is 70.0 cm³/mol. The average Bonchev–Trinajstić information content (AvgIpc) is 2.99. The number of benzene rings is 1. The number of nitrogen functional groups attached to an aromatic ring is 1. The van der Waals surface area contributed by atoms with Gasteiger partial charge in [-0.2, -0.15) is 0 Å². The van der Waals surface area contributed by atoms with Crippen LogP contribution in [0.25, 0.3) is 10.9 Å². The van der Waals surface area contributed by atoms with Gasteiger partial charge in [-0.1, -0.05) is 18.2 Å². The molecular formula is C11H9N7O2. The summed E-state index contributed by atoms with van der Waals surface area (Å²) in [7, 11) is 0. The molecule has 1 aromatic carbocycles. The molecule has 2 aromatic heterocycles. The van der Waals surface area contributed by atoms with Crippen LogP contribution in [0.2, 0.25) is 0 Å². The molecule has 9 heteroatoms. The second-order valence-electron chi connectivity index (χ2n) is 3.91. The van der Waals surface area contributed by atoms with Crippen molar-refractivity contribution in [2.75, 3.05) is 5.73 Å². The van der Waals surface area contributed by atoms with Crippen molar-refractivity contribution in [2.45, 2.75) is 0 Å². The van der Waals surface area contributed by atoms with E-state index in [0.717, 1.165) is 0 Å². The Labute approximate surface area is 111 Å². The lowest BCUT2D eigenvalue weighted by Crippen LogP contribution is -1.99. The van der Waals surface area contributed by atoms with E-state index in [0.29, 0.717) is 10.9 Å². The number of anilines is 1. The smallest absolute Gasteiger partial charge is 0.218 e. The van der Waals surface area contributed by atoms with Gasteiger partial charge in [0.05, 0.1) is 5.52 Å². The zero-order chi connectivity index (χ0) is 14.1. The van der Waals surface area contributed by atoms with Crippen molar-refractivity contribution in [3.63, 3.8) is 0 Å². The predicted octanol–water partition coefficient (Wildman–Crippen LogP) is 1.95. The molecule has 0 aliphatic carbocycles. The molecule has 0 spiro atoms. The molecule has 100 valence electrons. The highest BCUT2D eigenvalue weighted by atomic mass is 16.6. The molecule has 3 aromatic rings. The minimum absolute atomic E-state index is 0.00641. The van der Waals surface area contributed by atoms with Crippen LogP contribution in [0.15, 0.2) is 39.1 Å². The summed E-state index contributed by atoms with van der Waals surface area (Å²) in [5, 5.41) is 32.4. The molecule has 3 rings (SSSR count). The van der Waals surface area contributed by atoms with E-state index in [2.05, 4.69) is 30.2 Å². The van der Waals surface area contributed by atoms with E-state index in [1.165, 1.54) is 0 Å². The van der Waals surface area contributed by atoms with E-state index in [4.69, 9.17) is 11.1 Å². The van der Waals surface area contributed by atoms with E-state index in [1.54, 1.807) is 18.2 Å². The summed E-state index contributed by atoms with van der Waals surface area (Å²) in [5.41, 5.74) is 6.39. The number of amidine groups is 1. The molecule has 20 heavy (non-hydrogen) atoms. The third-order valence-electron chi connectivity index (χ3n) is 2.65. The number of azo groups is 1. The van der Waals surface area contributed by atoms with Gasteiger partial charge in [-0.3, -0.25) is 5.41 Å². The van der Waals surface area contributed by atoms with Gasteiger partial charge in [0.1, 0.15) is 0 Å². The van der Waals surface area contributed by atoms with Crippen LogP contribution in [0.3, 0.4) is 0 Å². The molecule has 0 saturated heterocycles. The van der Waals surface area contributed by atoms with Gasteiger partial charge in [0.25, 0.3) is 0 Å². The first-order valence-electron chi connectivity index (χ1n) is 5.55. The van der Waals surface area contributed by atoms with Gasteiger partial charge in [0.2, 0.25) is 11.7 Å². The van der Waals surface area contributed by atoms with Gasteiger partial charge in [-0.25, -0.2) is 4.63 Å². The summed E-state index contributed by atoms with van der Waals surface area (Å²) in [6.07, 6.45) is 0. The van der Waals surface area contributed by atoms with Crippen LogP contribution in [0.5, 0.6) is 5.88 Å². The van der Waals surface area contributed by atoms with Crippen molar-refractivity contribution in [3.05, 3.63) is 30.0 Å². The van der Waals surface area contributed by atoms with E-state index in [-0.39, 0.29) is 28.9 Å². The highest BCUT2D eigenvalue weighted by molar-refractivity contribution is 5.99. The second kappa shape index (κ2) is 4.46. The van der Waals surface area contributed by atoms with Crippen molar-refractivity contribution in [3.8, 4) is 5.88 Å². The number of hydrogen-bond donors (Lipinski definition) is 4. The van der Waals surface area contributed by atoms with E-state index < -0.39 is 0 Å². The Morgan fingerprint density at radius 3 is 2.90 bits per heavy atom.